The van der Waals surface area contributed by atoms with Crippen molar-refractivity contribution >= 4 is 21.7 Å². The molecule has 156 valence electrons. The van der Waals surface area contributed by atoms with Crippen LogP contribution < -0.4 is 10.0 Å². The molecule has 2 fully saturated rings. The molecule has 0 saturated carbocycles. The third-order valence-electron chi connectivity index (χ3n) is 5.11. The number of ether oxygens (including phenoxy) is 1. The Hall–Kier alpha value is -1.68. The van der Waals surface area contributed by atoms with E-state index in [1.807, 2.05) is 0 Å². The van der Waals surface area contributed by atoms with Crippen LogP contribution in [-0.4, -0.2) is 76.7 Å². The summed E-state index contributed by atoms with van der Waals surface area (Å²) in [5, 5.41) is 2.83. The summed E-state index contributed by atoms with van der Waals surface area (Å²) in [6.45, 7) is 6.08. The van der Waals surface area contributed by atoms with Crippen LogP contribution in [0.1, 0.15) is 25.7 Å². The smallest absolute Gasteiger partial charge is 0.321 e. The highest BCUT2D eigenvalue weighted by Gasteiger charge is 2.18. The second kappa shape index (κ2) is 10.2. The predicted octanol–water partition coefficient (Wildman–Crippen LogP) is 1.70. The summed E-state index contributed by atoms with van der Waals surface area (Å²) < 4.78 is 32.8. The normalized spacial score (nSPS) is 18.8. The number of morpholine rings is 1. The fourth-order valence-corrected chi connectivity index (χ4v) is 4.51. The maximum absolute atomic E-state index is 12.4. The van der Waals surface area contributed by atoms with Crippen molar-refractivity contribution in [1.82, 2.24) is 14.5 Å². The van der Waals surface area contributed by atoms with Gasteiger partial charge in [0.15, 0.2) is 0 Å². The Balaban J connectivity index is 1.45. The SMILES string of the molecule is O=C(Nc1ccc(S(=O)(=O)NCCCN2CCOCC2)cc1)N1CCCCC1. The Labute approximate surface area is 167 Å². The maximum Gasteiger partial charge on any atom is 0.321 e. The molecule has 1 aromatic rings. The number of nitrogens with one attached hydrogen (secondary N) is 2. The summed E-state index contributed by atoms with van der Waals surface area (Å²) in [4.78, 5) is 16.5. The second-order valence-electron chi connectivity index (χ2n) is 7.21. The fraction of sp³-hybridized carbons (Fsp3) is 0.632. The molecular weight excluding hydrogens is 380 g/mol. The molecule has 2 aliphatic heterocycles. The van der Waals surface area contributed by atoms with E-state index in [-0.39, 0.29) is 10.9 Å². The Kier molecular flexibility index (Phi) is 7.66. The van der Waals surface area contributed by atoms with E-state index in [9.17, 15) is 13.2 Å². The molecule has 1 aromatic carbocycles. The van der Waals surface area contributed by atoms with Crippen LogP contribution in [0, 0.1) is 0 Å². The number of carbonyl (C=O) groups excluding carboxylic acids is 1. The monoisotopic (exact) mass is 410 g/mol. The molecular formula is C19H30N4O4S. The van der Waals surface area contributed by atoms with Gasteiger partial charge in [0.05, 0.1) is 18.1 Å². The van der Waals surface area contributed by atoms with E-state index < -0.39 is 10.0 Å². The molecule has 2 aliphatic rings. The highest BCUT2D eigenvalue weighted by atomic mass is 32.2. The quantitative estimate of drug-likeness (QED) is 0.668. The van der Waals surface area contributed by atoms with Crippen molar-refractivity contribution in [2.45, 2.75) is 30.6 Å². The number of sulfonamides is 1. The topological polar surface area (TPSA) is 91.0 Å². The number of rotatable bonds is 7. The fourth-order valence-electron chi connectivity index (χ4n) is 3.43. The van der Waals surface area contributed by atoms with Gasteiger partial charge in [-0.15, -0.1) is 0 Å². The number of piperidine rings is 1. The molecule has 28 heavy (non-hydrogen) atoms. The number of carbonyl (C=O) groups is 1. The van der Waals surface area contributed by atoms with Crippen LogP contribution in [0.15, 0.2) is 29.2 Å². The van der Waals surface area contributed by atoms with Gasteiger partial charge in [-0.3, -0.25) is 4.90 Å². The molecule has 0 unspecified atom stereocenters. The van der Waals surface area contributed by atoms with Crippen LogP contribution in [0.2, 0.25) is 0 Å². The number of benzene rings is 1. The summed E-state index contributed by atoms with van der Waals surface area (Å²) >= 11 is 0. The molecule has 0 radical (unpaired) electrons. The van der Waals surface area contributed by atoms with E-state index in [4.69, 9.17) is 4.74 Å². The van der Waals surface area contributed by atoms with Crippen molar-refractivity contribution in [3.63, 3.8) is 0 Å². The zero-order chi connectivity index (χ0) is 19.8. The standard InChI is InChI=1S/C19H30N4O4S/c24-19(23-11-2-1-3-12-23)21-17-5-7-18(8-6-17)28(25,26)20-9-4-10-22-13-15-27-16-14-22/h5-8,20H,1-4,9-16H2,(H,21,24). The highest BCUT2D eigenvalue weighted by molar-refractivity contribution is 7.89. The third kappa shape index (κ3) is 6.16. The van der Waals surface area contributed by atoms with Gasteiger partial charge in [0.1, 0.15) is 0 Å². The molecule has 0 spiro atoms. The summed E-state index contributed by atoms with van der Waals surface area (Å²) in [5.41, 5.74) is 0.599. The van der Waals surface area contributed by atoms with Crippen molar-refractivity contribution in [3.05, 3.63) is 24.3 Å². The lowest BCUT2D eigenvalue weighted by Crippen LogP contribution is -2.38. The van der Waals surface area contributed by atoms with E-state index in [0.717, 1.165) is 71.6 Å². The largest absolute Gasteiger partial charge is 0.379 e. The van der Waals surface area contributed by atoms with Gasteiger partial charge in [-0.25, -0.2) is 17.9 Å². The Bertz CT molecular complexity index is 727. The average Bonchev–Trinajstić information content (AvgIpc) is 2.73. The maximum atomic E-state index is 12.4. The van der Waals surface area contributed by atoms with Gasteiger partial charge >= 0.3 is 6.03 Å². The lowest BCUT2D eigenvalue weighted by atomic mass is 10.1. The number of likely N-dealkylation sites (tertiary alicyclic amines) is 1. The molecule has 3 rings (SSSR count). The molecule has 0 aromatic heterocycles. The van der Waals surface area contributed by atoms with E-state index in [0.29, 0.717) is 12.2 Å². The van der Waals surface area contributed by atoms with Crippen LogP contribution >= 0.6 is 0 Å². The van der Waals surface area contributed by atoms with Crippen LogP contribution in [0.5, 0.6) is 0 Å². The lowest BCUT2D eigenvalue weighted by molar-refractivity contribution is 0.0376. The van der Waals surface area contributed by atoms with Gasteiger partial charge in [-0.1, -0.05) is 0 Å². The summed E-state index contributed by atoms with van der Waals surface area (Å²) in [6.07, 6.45) is 3.97. The van der Waals surface area contributed by atoms with Crippen LogP contribution in [0.4, 0.5) is 10.5 Å². The first-order valence-corrected chi connectivity index (χ1v) is 11.5. The summed E-state index contributed by atoms with van der Waals surface area (Å²) in [7, 11) is -3.55. The molecule has 2 saturated heterocycles. The first-order valence-electron chi connectivity index (χ1n) is 10.0. The van der Waals surface area contributed by atoms with Gasteiger partial charge in [-0.05, 0) is 56.5 Å². The van der Waals surface area contributed by atoms with Crippen LogP contribution in [0.25, 0.3) is 0 Å². The zero-order valence-corrected chi connectivity index (χ0v) is 17.0. The van der Waals surface area contributed by atoms with Gasteiger partial charge < -0.3 is 15.0 Å². The lowest BCUT2D eigenvalue weighted by Gasteiger charge is -2.26. The molecule has 2 heterocycles. The average molecular weight is 411 g/mol. The van der Waals surface area contributed by atoms with E-state index in [2.05, 4.69) is 14.9 Å². The van der Waals surface area contributed by atoms with Gasteiger partial charge in [0.2, 0.25) is 10.0 Å². The molecule has 8 nitrogen and oxygen atoms in total. The van der Waals surface area contributed by atoms with Crippen molar-refractivity contribution in [2.24, 2.45) is 0 Å². The van der Waals surface area contributed by atoms with Gasteiger partial charge in [0, 0.05) is 38.4 Å². The zero-order valence-electron chi connectivity index (χ0n) is 16.2. The second-order valence-corrected chi connectivity index (χ2v) is 8.97. The number of amides is 2. The minimum Gasteiger partial charge on any atom is -0.379 e. The Morgan fingerprint density at radius 2 is 1.68 bits per heavy atom. The Morgan fingerprint density at radius 3 is 2.36 bits per heavy atom. The number of anilines is 1. The summed E-state index contributed by atoms with van der Waals surface area (Å²) in [6, 6.07) is 6.18. The van der Waals surface area contributed by atoms with Gasteiger partial charge in [-0.2, -0.15) is 0 Å². The van der Waals surface area contributed by atoms with E-state index >= 15 is 0 Å². The van der Waals surface area contributed by atoms with Gasteiger partial charge in [0.25, 0.3) is 0 Å². The van der Waals surface area contributed by atoms with Crippen LogP contribution in [0.3, 0.4) is 0 Å². The van der Waals surface area contributed by atoms with E-state index in [1.54, 1.807) is 17.0 Å². The molecule has 2 N–H and O–H groups in total. The number of urea groups is 1. The van der Waals surface area contributed by atoms with Crippen molar-refractivity contribution in [3.8, 4) is 0 Å². The van der Waals surface area contributed by atoms with Crippen LogP contribution in [-0.2, 0) is 14.8 Å². The highest BCUT2D eigenvalue weighted by Crippen LogP contribution is 2.16. The number of hydrogen-bond acceptors (Lipinski definition) is 5. The third-order valence-corrected chi connectivity index (χ3v) is 6.58. The molecule has 0 atom stereocenters. The van der Waals surface area contributed by atoms with Crippen molar-refractivity contribution < 1.29 is 17.9 Å². The first kappa shape index (κ1) is 21.0. The molecule has 9 heteroatoms. The molecule has 2 amide bonds. The van der Waals surface area contributed by atoms with Crippen molar-refractivity contribution in [2.75, 3.05) is 57.8 Å². The number of hydrogen-bond donors (Lipinski definition) is 2. The summed E-state index contributed by atoms with van der Waals surface area (Å²) in [5.74, 6) is 0. The van der Waals surface area contributed by atoms with Crippen molar-refractivity contribution in [1.29, 1.82) is 0 Å². The predicted molar refractivity (Wildman–Crippen MR) is 108 cm³/mol. The number of nitrogens with zero attached hydrogens (tertiary/aromatic N) is 2. The minimum atomic E-state index is -3.55. The molecule has 0 aliphatic carbocycles. The van der Waals surface area contributed by atoms with E-state index in [1.165, 1.54) is 12.1 Å². The first-order chi connectivity index (χ1) is 13.5. The minimum absolute atomic E-state index is 0.128. The molecule has 0 bridgehead atoms. The Morgan fingerprint density at radius 1 is 1.00 bits per heavy atom.